The molecule has 0 spiro atoms. The van der Waals surface area contributed by atoms with Gasteiger partial charge in [-0.05, 0) is 77.6 Å². The van der Waals surface area contributed by atoms with E-state index < -0.39 is 0 Å². The summed E-state index contributed by atoms with van der Waals surface area (Å²) in [6.07, 6.45) is 1.81. The van der Waals surface area contributed by atoms with Gasteiger partial charge in [0.25, 0.3) is 5.91 Å². The Bertz CT molecular complexity index is 1300. The second-order valence-electron chi connectivity index (χ2n) is 7.14. The van der Waals surface area contributed by atoms with E-state index in [1.54, 1.807) is 24.3 Å². The van der Waals surface area contributed by atoms with Crippen LogP contribution in [0.3, 0.4) is 0 Å². The van der Waals surface area contributed by atoms with Crippen LogP contribution in [0.15, 0.2) is 65.6 Å². The highest BCUT2D eigenvalue weighted by atomic mass is 127. The van der Waals surface area contributed by atoms with E-state index in [1.165, 1.54) is 16.7 Å². The molecule has 1 heterocycles. The van der Waals surface area contributed by atoms with Gasteiger partial charge in [0.15, 0.2) is 15.8 Å². The van der Waals surface area contributed by atoms with Crippen molar-refractivity contribution in [2.45, 2.75) is 13.5 Å². The first-order chi connectivity index (χ1) is 16.4. The third-order valence-corrected chi connectivity index (χ3v) is 7.53. The van der Waals surface area contributed by atoms with Crippen molar-refractivity contribution in [2.24, 2.45) is 0 Å². The van der Waals surface area contributed by atoms with E-state index in [0.29, 0.717) is 49.7 Å². The molecular weight excluding hydrogens is 624 g/mol. The van der Waals surface area contributed by atoms with E-state index in [2.05, 4.69) is 22.6 Å². The van der Waals surface area contributed by atoms with Gasteiger partial charge in [-0.2, -0.15) is 0 Å². The highest BCUT2D eigenvalue weighted by molar-refractivity contribution is 14.1. The zero-order valence-electron chi connectivity index (χ0n) is 17.9. The molecule has 0 bridgehead atoms. The number of thioether (sulfide) groups is 1. The average Bonchev–Trinajstić information content (AvgIpc) is 3.07. The lowest BCUT2D eigenvalue weighted by molar-refractivity contribution is -0.113. The van der Waals surface area contributed by atoms with Crippen LogP contribution in [-0.2, 0) is 11.4 Å². The van der Waals surface area contributed by atoms with Crippen molar-refractivity contribution < 1.29 is 14.3 Å². The minimum Gasteiger partial charge on any atom is -0.490 e. The fourth-order valence-corrected chi connectivity index (χ4v) is 5.75. The maximum absolute atomic E-state index is 13.1. The highest BCUT2D eigenvalue weighted by Crippen LogP contribution is 2.39. The van der Waals surface area contributed by atoms with Crippen LogP contribution in [0.4, 0.5) is 5.69 Å². The smallest absolute Gasteiger partial charge is 0.270 e. The second kappa shape index (κ2) is 11.3. The van der Waals surface area contributed by atoms with Crippen LogP contribution in [0.1, 0.15) is 18.1 Å². The molecule has 1 fully saturated rings. The Morgan fingerprint density at radius 2 is 1.88 bits per heavy atom. The second-order valence-corrected chi connectivity index (χ2v) is 10.8. The molecule has 0 aliphatic carbocycles. The van der Waals surface area contributed by atoms with Crippen LogP contribution in [0.5, 0.6) is 11.5 Å². The molecule has 0 unspecified atom stereocenters. The van der Waals surface area contributed by atoms with Crippen molar-refractivity contribution in [3.05, 3.63) is 90.3 Å². The van der Waals surface area contributed by atoms with Crippen LogP contribution < -0.4 is 14.4 Å². The molecule has 1 aliphatic rings. The molecule has 174 valence electrons. The minimum atomic E-state index is -0.190. The van der Waals surface area contributed by atoms with Gasteiger partial charge in [0.1, 0.15) is 6.61 Å². The lowest BCUT2D eigenvalue weighted by atomic mass is 10.1. The van der Waals surface area contributed by atoms with E-state index in [1.807, 2.05) is 49.4 Å². The maximum Gasteiger partial charge on any atom is 0.270 e. The van der Waals surface area contributed by atoms with Gasteiger partial charge in [-0.3, -0.25) is 9.69 Å². The zero-order chi connectivity index (χ0) is 24.2. The molecular formula is C25H18Cl2INO3S2. The fraction of sp³-hybridized carbons (Fsp3) is 0.120. The number of anilines is 1. The lowest BCUT2D eigenvalue weighted by Gasteiger charge is -2.15. The first kappa shape index (κ1) is 25.3. The van der Waals surface area contributed by atoms with Gasteiger partial charge in [-0.25, -0.2) is 0 Å². The van der Waals surface area contributed by atoms with Gasteiger partial charge >= 0.3 is 0 Å². The number of nitrogens with zero attached hydrogens (tertiary/aromatic N) is 1. The largest absolute Gasteiger partial charge is 0.490 e. The number of carbonyl (C=O) groups excluding carboxylic acids is 1. The van der Waals surface area contributed by atoms with Crippen molar-refractivity contribution in [1.29, 1.82) is 0 Å². The number of thiocarbonyl (C=S) groups is 1. The van der Waals surface area contributed by atoms with Gasteiger partial charge in [-0.1, -0.05) is 71.4 Å². The van der Waals surface area contributed by atoms with Crippen molar-refractivity contribution in [2.75, 3.05) is 11.5 Å². The number of rotatable bonds is 7. The predicted octanol–water partition coefficient (Wildman–Crippen LogP) is 7.98. The van der Waals surface area contributed by atoms with Crippen molar-refractivity contribution in [3.63, 3.8) is 0 Å². The summed E-state index contributed by atoms with van der Waals surface area (Å²) in [7, 11) is 0. The molecule has 34 heavy (non-hydrogen) atoms. The molecule has 1 aliphatic heterocycles. The Labute approximate surface area is 231 Å². The standard InChI is InChI=1S/C25H18Cl2INO3S2/c1-2-31-21-11-15(10-20(28)23(21)32-14-16-6-3-4-9-19(16)27)12-22-24(30)29(25(33)34-22)18-8-5-7-17(26)13-18/h3-13H,2,14H2,1H3/b22-12-. The Morgan fingerprint density at radius 1 is 1.09 bits per heavy atom. The van der Waals surface area contributed by atoms with Gasteiger partial charge < -0.3 is 9.47 Å². The first-order valence-corrected chi connectivity index (χ1v) is 13.3. The Kier molecular flexibility index (Phi) is 8.42. The van der Waals surface area contributed by atoms with Crippen LogP contribution in [0, 0.1) is 3.57 Å². The molecule has 1 amide bonds. The summed E-state index contributed by atoms with van der Waals surface area (Å²) < 4.78 is 13.3. The quantitative estimate of drug-likeness (QED) is 0.149. The molecule has 3 aromatic rings. The van der Waals surface area contributed by atoms with Crippen molar-refractivity contribution in [3.8, 4) is 11.5 Å². The molecule has 3 aromatic carbocycles. The van der Waals surface area contributed by atoms with E-state index >= 15 is 0 Å². The maximum atomic E-state index is 13.1. The number of carbonyl (C=O) groups is 1. The van der Waals surface area contributed by atoms with Gasteiger partial charge in [0.2, 0.25) is 0 Å². The molecule has 1 saturated heterocycles. The monoisotopic (exact) mass is 641 g/mol. The Hall–Kier alpha value is -1.78. The van der Waals surface area contributed by atoms with Crippen molar-refractivity contribution in [1.82, 2.24) is 0 Å². The summed E-state index contributed by atoms with van der Waals surface area (Å²) >= 11 is 21.3. The predicted molar refractivity (Wildman–Crippen MR) is 153 cm³/mol. The van der Waals surface area contributed by atoms with E-state index in [-0.39, 0.29) is 5.91 Å². The third-order valence-electron chi connectivity index (χ3n) is 4.82. The summed E-state index contributed by atoms with van der Waals surface area (Å²) in [5.74, 6) is 1.04. The third kappa shape index (κ3) is 5.71. The zero-order valence-corrected chi connectivity index (χ0v) is 23.2. The average molecular weight is 642 g/mol. The fourth-order valence-electron chi connectivity index (χ4n) is 3.30. The van der Waals surface area contributed by atoms with Crippen LogP contribution in [-0.4, -0.2) is 16.8 Å². The van der Waals surface area contributed by atoms with Crippen molar-refractivity contribution >= 4 is 91.8 Å². The normalized spacial score (nSPS) is 14.7. The summed E-state index contributed by atoms with van der Waals surface area (Å²) in [6, 6.07) is 18.4. The van der Waals surface area contributed by atoms with E-state index in [4.69, 9.17) is 44.9 Å². The summed E-state index contributed by atoms with van der Waals surface area (Å²) in [6.45, 7) is 2.69. The SMILES string of the molecule is CCOc1cc(/C=C2\SC(=S)N(c3cccc(Cl)c3)C2=O)cc(I)c1OCc1ccccc1Cl. The van der Waals surface area contributed by atoms with Gasteiger partial charge in [0, 0.05) is 15.6 Å². The molecule has 0 atom stereocenters. The van der Waals surface area contributed by atoms with E-state index in [0.717, 1.165) is 14.7 Å². The molecule has 9 heteroatoms. The van der Waals surface area contributed by atoms with Crippen LogP contribution >= 0.6 is 69.8 Å². The minimum absolute atomic E-state index is 0.190. The number of amides is 1. The van der Waals surface area contributed by atoms with Crippen LogP contribution in [0.2, 0.25) is 10.0 Å². The van der Waals surface area contributed by atoms with Gasteiger partial charge in [0.05, 0.1) is 20.8 Å². The number of hydrogen-bond acceptors (Lipinski definition) is 5. The Morgan fingerprint density at radius 3 is 2.62 bits per heavy atom. The topological polar surface area (TPSA) is 38.8 Å². The summed E-state index contributed by atoms with van der Waals surface area (Å²) in [5, 5.41) is 1.19. The number of halogens is 3. The number of hydrogen-bond donors (Lipinski definition) is 0. The van der Waals surface area contributed by atoms with Gasteiger partial charge in [-0.15, -0.1) is 0 Å². The van der Waals surface area contributed by atoms with Crippen LogP contribution in [0.25, 0.3) is 6.08 Å². The van der Waals surface area contributed by atoms with E-state index in [9.17, 15) is 4.79 Å². The molecule has 0 aromatic heterocycles. The summed E-state index contributed by atoms with van der Waals surface area (Å²) in [4.78, 5) is 15.1. The Balaban J connectivity index is 1.61. The molecule has 4 nitrogen and oxygen atoms in total. The highest BCUT2D eigenvalue weighted by Gasteiger charge is 2.33. The number of ether oxygens (including phenoxy) is 2. The molecule has 0 saturated carbocycles. The lowest BCUT2D eigenvalue weighted by Crippen LogP contribution is -2.27. The number of benzene rings is 3. The molecule has 0 N–H and O–H groups in total. The first-order valence-electron chi connectivity index (χ1n) is 10.2. The molecule has 4 rings (SSSR count). The summed E-state index contributed by atoms with van der Waals surface area (Å²) in [5.41, 5.74) is 2.34. The molecule has 0 radical (unpaired) electrons.